The van der Waals surface area contributed by atoms with E-state index < -0.39 is 15.9 Å². The van der Waals surface area contributed by atoms with Crippen LogP contribution < -0.4 is 30.9 Å². The minimum atomic E-state index is -3.82. The van der Waals surface area contributed by atoms with Gasteiger partial charge in [0.25, 0.3) is 11.8 Å². The van der Waals surface area contributed by atoms with Crippen molar-refractivity contribution in [2.24, 2.45) is 12.2 Å². The predicted molar refractivity (Wildman–Crippen MR) is 236 cm³/mol. The molecule has 0 atom stereocenters. The minimum absolute atomic E-state index is 0. The topological polar surface area (TPSA) is 223 Å². The fraction of sp³-hybridized carbons (Fsp3) is 0.214. The molecule has 6 N–H and O–H groups in total. The Morgan fingerprint density at radius 1 is 0.934 bits per heavy atom. The summed E-state index contributed by atoms with van der Waals surface area (Å²) in [6.45, 7) is 4.85. The van der Waals surface area contributed by atoms with Crippen LogP contribution in [0.25, 0.3) is 21.9 Å². The number of nitrogens with one attached hydrogen (secondary N) is 3. The molecule has 0 radical (unpaired) electrons. The summed E-state index contributed by atoms with van der Waals surface area (Å²) in [5, 5.41) is 26.3. The number of hydrogen-bond acceptors (Lipinski definition) is 13. The number of halogens is 1. The highest BCUT2D eigenvalue weighted by atomic mass is 35.5. The Hall–Kier alpha value is -6.57. The second-order valence-corrected chi connectivity index (χ2v) is 15.6. The van der Waals surface area contributed by atoms with Crippen LogP contribution in [0.1, 0.15) is 37.7 Å². The minimum Gasteiger partial charge on any atom is -0.492 e. The summed E-state index contributed by atoms with van der Waals surface area (Å²) >= 11 is 0. The van der Waals surface area contributed by atoms with Crippen molar-refractivity contribution in [3.63, 3.8) is 0 Å². The van der Waals surface area contributed by atoms with Gasteiger partial charge in [-0.15, -0.1) is 12.4 Å². The fourth-order valence-electron chi connectivity index (χ4n) is 6.31. The third-order valence-electron chi connectivity index (χ3n) is 9.49. The van der Waals surface area contributed by atoms with E-state index in [1.54, 1.807) is 48.9 Å². The maximum atomic E-state index is 12.6. The SMILES string of the molecule is CN(C)Cc1c(C(=O)NCCOc2ccc(C(=O)NO)cc2)oc2ccccc12.Cc1ccc(Nc2nccc(N(C)c3ccc4c(C)n(C)nc4c3)n2)cc1S(N)(=O)=O.Cl. The van der Waals surface area contributed by atoms with Gasteiger partial charge in [-0.05, 0) is 100 Å². The van der Waals surface area contributed by atoms with Crippen molar-refractivity contribution in [3.8, 4) is 5.75 Å². The molecule has 0 unspecified atom stereocenters. The number of carbonyl (C=O) groups excluding carboxylic acids is 2. The first kappa shape index (κ1) is 45.5. The van der Waals surface area contributed by atoms with Crippen LogP contribution in [0.3, 0.4) is 0 Å². The molecule has 3 heterocycles. The lowest BCUT2D eigenvalue weighted by Crippen LogP contribution is -2.29. The van der Waals surface area contributed by atoms with Gasteiger partial charge in [0.1, 0.15) is 23.8 Å². The highest BCUT2D eigenvalue weighted by Gasteiger charge is 2.21. The van der Waals surface area contributed by atoms with E-state index >= 15 is 0 Å². The first-order valence-electron chi connectivity index (χ1n) is 18.6. The Morgan fingerprint density at radius 2 is 1.67 bits per heavy atom. The first-order chi connectivity index (χ1) is 28.6. The number of ether oxygens (including phenoxy) is 1. The van der Waals surface area contributed by atoms with E-state index in [1.807, 2.05) is 92.1 Å². The molecule has 4 aromatic carbocycles. The van der Waals surface area contributed by atoms with Gasteiger partial charge >= 0.3 is 0 Å². The van der Waals surface area contributed by atoms with Crippen molar-refractivity contribution in [3.05, 3.63) is 125 Å². The van der Waals surface area contributed by atoms with Gasteiger partial charge in [0.2, 0.25) is 16.0 Å². The lowest BCUT2D eigenvalue weighted by Gasteiger charge is -2.19. The number of furan rings is 1. The molecule has 17 nitrogen and oxygen atoms in total. The van der Waals surface area contributed by atoms with Gasteiger partial charge in [0.15, 0.2) is 5.76 Å². The van der Waals surface area contributed by atoms with E-state index in [1.165, 1.54) is 18.2 Å². The molecule has 0 fully saturated rings. The Balaban J connectivity index is 0.000000228. The van der Waals surface area contributed by atoms with Gasteiger partial charge < -0.3 is 29.6 Å². The zero-order chi connectivity index (χ0) is 43.1. The second-order valence-electron chi connectivity index (χ2n) is 14.1. The van der Waals surface area contributed by atoms with Crippen molar-refractivity contribution in [1.82, 2.24) is 35.4 Å². The van der Waals surface area contributed by atoms with Gasteiger partial charge in [-0.1, -0.05) is 24.3 Å². The molecule has 0 bridgehead atoms. The molecule has 0 aliphatic heterocycles. The zero-order valence-corrected chi connectivity index (χ0v) is 36.0. The second kappa shape index (κ2) is 19.7. The quantitative estimate of drug-likeness (QED) is 0.0512. The van der Waals surface area contributed by atoms with Crippen molar-refractivity contribution in [2.75, 3.05) is 44.5 Å². The summed E-state index contributed by atoms with van der Waals surface area (Å²) in [6, 6.07) is 26.6. The van der Waals surface area contributed by atoms with E-state index in [-0.39, 0.29) is 36.4 Å². The molecule has 320 valence electrons. The summed E-state index contributed by atoms with van der Waals surface area (Å²) in [5.41, 5.74) is 7.45. The maximum Gasteiger partial charge on any atom is 0.287 e. The normalized spacial score (nSPS) is 11.1. The molecule has 0 aliphatic carbocycles. The number of anilines is 4. The zero-order valence-electron chi connectivity index (χ0n) is 34.3. The highest BCUT2D eigenvalue weighted by molar-refractivity contribution is 7.89. The van der Waals surface area contributed by atoms with Gasteiger partial charge in [-0.2, -0.15) is 10.1 Å². The average molecular weight is 871 g/mol. The fourth-order valence-corrected chi connectivity index (χ4v) is 7.11. The van der Waals surface area contributed by atoms with E-state index in [4.69, 9.17) is 19.5 Å². The number of nitrogens with two attached hydrogens (primary N) is 1. The number of nitrogens with zero attached hydrogens (tertiary/aromatic N) is 6. The van der Waals surface area contributed by atoms with Crippen molar-refractivity contribution in [2.45, 2.75) is 25.3 Å². The monoisotopic (exact) mass is 870 g/mol. The number of fused-ring (bicyclic) bond motifs is 2. The van der Waals surface area contributed by atoms with Crippen molar-refractivity contribution < 1.29 is 32.4 Å². The molecule has 3 aromatic heterocycles. The van der Waals surface area contributed by atoms with Crippen LogP contribution in [0.15, 0.2) is 107 Å². The first-order valence-corrected chi connectivity index (χ1v) is 20.2. The van der Waals surface area contributed by atoms with E-state index in [9.17, 15) is 18.0 Å². The molecule has 2 amide bonds. The molecule has 19 heteroatoms. The number of para-hydroxylation sites is 1. The Kier molecular flexibility index (Phi) is 14.7. The highest BCUT2D eigenvalue weighted by Crippen LogP contribution is 2.29. The van der Waals surface area contributed by atoms with Gasteiger partial charge in [-0.3, -0.25) is 19.5 Å². The molecular weight excluding hydrogens is 824 g/mol. The van der Waals surface area contributed by atoms with E-state index in [2.05, 4.69) is 25.7 Å². The standard InChI is InChI=1S/C21H23N7O2S.C21H23N3O5.ClH/c1-13-5-6-15(11-19(13)31(22,29)30)24-21-23-10-9-20(25-21)27(3)16-7-8-17-14(2)28(4)26-18(17)12-16;1-24(2)13-17-16-5-3-4-6-18(16)29-19(17)21(26)22-11-12-28-15-9-7-14(8-10-15)20(25)23-27;/h5-12H,1-4H3,(H2,22,29,30)(H,23,24,25);3-10,27H,11-13H2,1-2H3,(H,22,26)(H,23,25);1H. The van der Waals surface area contributed by atoms with Crippen molar-refractivity contribution in [1.29, 1.82) is 0 Å². The van der Waals surface area contributed by atoms with Crippen LogP contribution in [-0.2, 0) is 23.6 Å². The Bertz CT molecular complexity index is 2780. The number of aryl methyl sites for hydroxylation is 3. The maximum absolute atomic E-state index is 12.6. The predicted octanol–water partition coefficient (Wildman–Crippen LogP) is 5.98. The van der Waals surface area contributed by atoms with Crippen LogP contribution in [-0.4, -0.2) is 84.4 Å². The van der Waals surface area contributed by atoms with Crippen LogP contribution >= 0.6 is 12.4 Å². The molecule has 0 saturated heterocycles. The number of hydroxylamine groups is 1. The lowest BCUT2D eigenvalue weighted by molar-refractivity contribution is 0.0706. The van der Waals surface area contributed by atoms with Crippen LogP contribution in [0, 0.1) is 13.8 Å². The number of carbonyl (C=O) groups is 2. The molecular formula is C42H47ClN10O7S. The Morgan fingerprint density at radius 3 is 2.38 bits per heavy atom. The van der Waals surface area contributed by atoms with Gasteiger partial charge in [0, 0.05) is 65.8 Å². The molecule has 0 saturated carbocycles. The van der Waals surface area contributed by atoms with Crippen molar-refractivity contribution >= 4 is 79.3 Å². The summed E-state index contributed by atoms with van der Waals surface area (Å²) < 4.78 is 36.8. The molecule has 0 aliphatic rings. The third-order valence-corrected chi connectivity index (χ3v) is 10.5. The largest absolute Gasteiger partial charge is 0.492 e. The van der Waals surface area contributed by atoms with E-state index in [0.717, 1.165) is 33.2 Å². The van der Waals surface area contributed by atoms with Gasteiger partial charge in [0.05, 0.1) is 17.0 Å². The number of benzene rings is 4. The summed E-state index contributed by atoms with van der Waals surface area (Å²) in [5.74, 6) is 0.969. The molecule has 0 spiro atoms. The smallest absolute Gasteiger partial charge is 0.287 e. The Labute approximate surface area is 358 Å². The summed E-state index contributed by atoms with van der Waals surface area (Å²) in [4.78, 5) is 36.7. The van der Waals surface area contributed by atoms with E-state index in [0.29, 0.717) is 52.2 Å². The van der Waals surface area contributed by atoms with Crippen LogP contribution in [0.4, 0.5) is 23.1 Å². The number of sulfonamides is 1. The third kappa shape index (κ3) is 11.0. The average Bonchev–Trinajstić information content (AvgIpc) is 3.74. The van der Waals surface area contributed by atoms with Crippen LogP contribution in [0.2, 0.25) is 0 Å². The molecule has 61 heavy (non-hydrogen) atoms. The number of amides is 2. The number of hydrogen-bond donors (Lipinski definition) is 5. The van der Waals surface area contributed by atoms with Crippen LogP contribution in [0.5, 0.6) is 5.75 Å². The summed E-state index contributed by atoms with van der Waals surface area (Å²) in [6.07, 6.45) is 1.64. The molecule has 7 aromatic rings. The number of rotatable bonds is 13. The summed E-state index contributed by atoms with van der Waals surface area (Å²) in [7, 11) is 3.89. The number of primary sulfonamides is 1. The lowest BCUT2D eigenvalue weighted by atomic mass is 10.1. The number of aromatic nitrogens is 4. The van der Waals surface area contributed by atoms with Gasteiger partial charge in [-0.25, -0.2) is 24.0 Å². The molecule has 7 rings (SSSR count).